The largest absolute Gasteiger partial charge is 0.340 e. The van der Waals surface area contributed by atoms with E-state index in [1.54, 1.807) is 11.4 Å². The third-order valence-corrected chi connectivity index (χ3v) is 5.37. The third-order valence-electron chi connectivity index (χ3n) is 2.45. The van der Waals surface area contributed by atoms with Gasteiger partial charge in [-0.1, -0.05) is 0 Å². The number of hydrogen-bond donors (Lipinski definition) is 0. The maximum atomic E-state index is 11.7. The maximum absolute atomic E-state index is 11.7. The van der Waals surface area contributed by atoms with Crippen LogP contribution in [-0.4, -0.2) is 21.6 Å². The summed E-state index contributed by atoms with van der Waals surface area (Å²) < 4.78 is 34.7. The van der Waals surface area contributed by atoms with Crippen LogP contribution in [0.2, 0.25) is 0 Å². The Morgan fingerprint density at radius 1 is 1.33 bits per heavy atom. The second-order valence-electron chi connectivity index (χ2n) is 3.33. The zero-order chi connectivity index (χ0) is 10.5. The predicted molar refractivity (Wildman–Crippen MR) is 54.2 cm³/mol. The van der Waals surface area contributed by atoms with Crippen molar-refractivity contribution < 1.29 is 17.9 Å². The Morgan fingerprint density at radius 2 is 2.07 bits per heavy atom. The van der Waals surface area contributed by atoms with Crippen molar-refractivity contribution in [1.29, 1.82) is 0 Å². The first kappa shape index (κ1) is 9.53. The topological polar surface area (TPSA) is 52.6 Å². The van der Waals surface area contributed by atoms with Crippen molar-refractivity contribution in [1.82, 2.24) is 0 Å². The van der Waals surface area contributed by atoms with Crippen molar-refractivity contribution in [3.05, 3.63) is 28.5 Å². The first-order chi connectivity index (χ1) is 7.14. The van der Waals surface area contributed by atoms with Crippen molar-refractivity contribution in [2.24, 2.45) is 0 Å². The molecule has 0 bridgehead atoms. The zero-order valence-corrected chi connectivity index (χ0v) is 9.31. The van der Waals surface area contributed by atoms with Gasteiger partial charge in [-0.3, -0.25) is 0 Å². The summed E-state index contributed by atoms with van der Waals surface area (Å²) in [7, 11) is -3.28. The monoisotopic (exact) mass is 244 g/mol. The molecule has 0 saturated carbocycles. The molecule has 15 heavy (non-hydrogen) atoms. The lowest BCUT2D eigenvalue weighted by Gasteiger charge is -2.26. The van der Waals surface area contributed by atoms with E-state index < -0.39 is 15.6 Å². The van der Waals surface area contributed by atoms with E-state index in [1.807, 2.05) is 0 Å². The van der Waals surface area contributed by atoms with E-state index in [9.17, 15) is 8.42 Å². The Bertz CT molecular complexity index is 520. The molecule has 2 aliphatic rings. The normalized spacial score (nSPS) is 25.6. The van der Waals surface area contributed by atoms with Gasteiger partial charge >= 0.3 is 0 Å². The van der Waals surface area contributed by atoms with Gasteiger partial charge in [0.2, 0.25) is 15.6 Å². The fourth-order valence-corrected chi connectivity index (χ4v) is 4.32. The van der Waals surface area contributed by atoms with E-state index in [1.165, 1.54) is 17.4 Å². The molecule has 0 amide bonds. The number of ether oxygens (including phenoxy) is 2. The molecule has 0 radical (unpaired) electrons. The fourth-order valence-electron chi connectivity index (χ4n) is 1.78. The molecule has 1 aromatic rings. The molecule has 1 saturated heterocycles. The van der Waals surface area contributed by atoms with Crippen LogP contribution in [0.25, 0.3) is 0 Å². The van der Waals surface area contributed by atoms with Crippen LogP contribution >= 0.6 is 11.3 Å². The van der Waals surface area contributed by atoms with Gasteiger partial charge in [-0.25, -0.2) is 8.42 Å². The molecule has 0 aliphatic carbocycles. The lowest BCUT2D eigenvalue weighted by Crippen LogP contribution is -2.28. The van der Waals surface area contributed by atoms with E-state index in [-0.39, 0.29) is 0 Å². The summed E-state index contributed by atoms with van der Waals surface area (Å²) in [5.74, 6) is -0.958. The lowest BCUT2D eigenvalue weighted by atomic mass is 10.1. The van der Waals surface area contributed by atoms with Crippen molar-refractivity contribution in [3.8, 4) is 0 Å². The van der Waals surface area contributed by atoms with Crippen molar-refractivity contribution in [2.75, 3.05) is 13.2 Å². The molecule has 1 spiro atoms. The maximum Gasteiger partial charge on any atom is 0.218 e. The molecule has 0 unspecified atom stereocenters. The molecule has 80 valence electrons. The van der Waals surface area contributed by atoms with Gasteiger partial charge in [0.1, 0.15) is 4.21 Å². The summed E-state index contributed by atoms with van der Waals surface area (Å²) in [6, 6.07) is 1.74. The summed E-state index contributed by atoms with van der Waals surface area (Å²) in [6.07, 6.45) is 1.48. The number of sulfone groups is 1. The van der Waals surface area contributed by atoms with Crippen molar-refractivity contribution in [3.63, 3.8) is 0 Å². The van der Waals surface area contributed by atoms with Gasteiger partial charge in [0, 0.05) is 11.0 Å². The molecule has 3 heterocycles. The van der Waals surface area contributed by atoms with Crippen LogP contribution in [0.3, 0.4) is 0 Å². The van der Waals surface area contributed by atoms with E-state index in [2.05, 4.69) is 0 Å². The second kappa shape index (κ2) is 2.91. The number of hydrogen-bond acceptors (Lipinski definition) is 5. The van der Waals surface area contributed by atoms with Crippen LogP contribution in [0, 0.1) is 0 Å². The Balaban J connectivity index is 2.26. The molecular formula is C9H8O4S2. The average molecular weight is 244 g/mol. The smallest absolute Gasteiger partial charge is 0.218 e. The summed E-state index contributed by atoms with van der Waals surface area (Å²) >= 11 is 1.19. The average Bonchev–Trinajstić information content (AvgIpc) is 2.83. The summed E-state index contributed by atoms with van der Waals surface area (Å²) in [5.41, 5.74) is 0.604. The molecule has 1 fully saturated rings. The first-order valence-electron chi connectivity index (χ1n) is 4.44. The SMILES string of the molecule is O=S1(=O)C=CC2(OCCO2)c2ccsc21. The first-order valence-corrected chi connectivity index (χ1v) is 6.87. The van der Waals surface area contributed by atoms with Gasteiger partial charge in [-0.05, 0) is 17.5 Å². The van der Waals surface area contributed by atoms with Crippen molar-refractivity contribution >= 4 is 21.2 Å². The van der Waals surface area contributed by atoms with E-state index in [4.69, 9.17) is 9.47 Å². The number of fused-ring (bicyclic) bond motifs is 2. The third kappa shape index (κ3) is 1.22. The number of rotatable bonds is 0. The van der Waals surface area contributed by atoms with Crippen LogP contribution in [0.15, 0.2) is 27.1 Å². The van der Waals surface area contributed by atoms with Crippen LogP contribution in [0.4, 0.5) is 0 Å². The van der Waals surface area contributed by atoms with Crippen molar-refractivity contribution in [2.45, 2.75) is 10.00 Å². The standard InChI is InChI=1S/C9H8O4S2/c10-15(11)6-2-9(12-3-4-13-9)7-1-5-14-8(7)15/h1-2,5-6H,3-4H2. The lowest BCUT2D eigenvalue weighted by molar-refractivity contribution is -0.125. The highest BCUT2D eigenvalue weighted by Gasteiger charge is 2.44. The highest BCUT2D eigenvalue weighted by molar-refractivity contribution is 7.96. The van der Waals surface area contributed by atoms with Crippen LogP contribution in [0.5, 0.6) is 0 Å². The van der Waals surface area contributed by atoms with E-state index in [0.29, 0.717) is 23.0 Å². The van der Waals surface area contributed by atoms with Gasteiger partial charge in [-0.15, -0.1) is 11.3 Å². The Kier molecular flexibility index (Phi) is 1.85. The second-order valence-corrected chi connectivity index (χ2v) is 6.28. The summed E-state index contributed by atoms with van der Waals surface area (Å²) in [5, 5.41) is 2.90. The number of thiophene rings is 1. The van der Waals surface area contributed by atoms with Crippen LogP contribution < -0.4 is 0 Å². The Labute approximate surface area is 91.0 Å². The van der Waals surface area contributed by atoms with Crippen LogP contribution in [0.1, 0.15) is 5.56 Å². The molecule has 3 rings (SSSR count). The van der Waals surface area contributed by atoms with E-state index >= 15 is 0 Å². The van der Waals surface area contributed by atoms with Gasteiger partial charge in [0.05, 0.1) is 13.2 Å². The quantitative estimate of drug-likeness (QED) is 0.689. The molecule has 0 atom stereocenters. The van der Waals surface area contributed by atoms with Gasteiger partial charge in [0.25, 0.3) is 0 Å². The Morgan fingerprint density at radius 3 is 2.80 bits per heavy atom. The molecule has 6 heteroatoms. The zero-order valence-electron chi connectivity index (χ0n) is 7.67. The van der Waals surface area contributed by atoms with Crippen LogP contribution in [-0.2, 0) is 25.1 Å². The molecule has 1 aromatic heterocycles. The highest BCUT2D eigenvalue weighted by Crippen LogP contribution is 2.43. The van der Waals surface area contributed by atoms with Gasteiger partial charge in [-0.2, -0.15) is 0 Å². The molecule has 0 N–H and O–H groups in total. The molecular weight excluding hydrogens is 236 g/mol. The van der Waals surface area contributed by atoms with Gasteiger partial charge in [0.15, 0.2) is 0 Å². The van der Waals surface area contributed by atoms with E-state index in [0.717, 1.165) is 5.41 Å². The summed E-state index contributed by atoms with van der Waals surface area (Å²) in [4.78, 5) is 0. The minimum Gasteiger partial charge on any atom is -0.340 e. The predicted octanol–water partition coefficient (Wildman–Crippen LogP) is 1.25. The van der Waals surface area contributed by atoms with Gasteiger partial charge < -0.3 is 9.47 Å². The molecule has 4 nitrogen and oxygen atoms in total. The minimum atomic E-state index is -3.28. The molecule has 0 aromatic carbocycles. The fraction of sp³-hybridized carbons (Fsp3) is 0.333. The molecule has 2 aliphatic heterocycles. The minimum absolute atomic E-state index is 0.326. The Hall–Kier alpha value is -0.690. The highest BCUT2D eigenvalue weighted by atomic mass is 32.2. The summed E-state index contributed by atoms with van der Waals surface area (Å²) in [6.45, 7) is 0.972.